The molecule has 2 unspecified atom stereocenters. The first kappa shape index (κ1) is 30.5. The Morgan fingerprint density at radius 2 is 1.78 bits per heavy atom. The molecule has 1 aromatic rings. The molecule has 1 aromatic carbocycles. The van der Waals surface area contributed by atoms with Crippen molar-refractivity contribution in [3.05, 3.63) is 23.3 Å². The Labute approximate surface area is 271 Å². The molecule has 0 aromatic heterocycles. The van der Waals surface area contributed by atoms with E-state index in [2.05, 4.69) is 21.9 Å². The van der Waals surface area contributed by atoms with E-state index < -0.39 is 0 Å². The molecule has 1 N–H and O–H groups in total. The van der Waals surface area contributed by atoms with E-state index in [-0.39, 0.29) is 23.7 Å². The number of nitrogens with zero attached hydrogens (tertiary/aromatic N) is 2. The third-order valence-electron chi connectivity index (χ3n) is 13.8. The van der Waals surface area contributed by atoms with Gasteiger partial charge in [0.25, 0.3) is 0 Å². The number of hydrogen-bond acceptors (Lipinski definition) is 5. The molecule has 4 saturated carbocycles. The third-order valence-corrected chi connectivity index (χ3v) is 13.8. The Hall–Kier alpha value is -1.79. The minimum atomic E-state index is -0.104. The van der Waals surface area contributed by atoms with Gasteiger partial charge in [-0.1, -0.05) is 70.3 Å². The molecule has 6 nitrogen and oxygen atoms in total. The van der Waals surface area contributed by atoms with Crippen LogP contribution >= 0.6 is 0 Å². The molecule has 2 bridgehead atoms. The van der Waals surface area contributed by atoms with Crippen molar-refractivity contribution in [3.63, 3.8) is 0 Å². The summed E-state index contributed by atoms with van der Waals surface area (Å²) in [5.41, 5.74) is 2.82. The number of ether oxygens (including phenoxy) is 2. The van der Waals surface area contributed by atoms with Crippen LogP contribution in [0.5, 0.6) is 11.5 Å². The minimum absolute atomic E-state index is 0.00699. The van der Waals surface area contributed by atoms with Crippen LogP contribution in [0.15, 0.2) is 12.1 Å². The third kappa shape index (κ3) is 5.52. The van der Waals surface area contributed by atoms with Gasteiger partial charge in [-0.15, -0.1) is 0 Å². The molecular weight excluding hydrogens is 560 g/mol. The molecule has 248 valence electrons. The quantitative estimate of drug-likeness (QED) is 0.270. The summed E-state index contributed by atoms with van der Waals surface area (Å²) in [4.78, 5) is 19.5. The minimum Gasteiger partial charge on any atom is -0.493 e. The van der Waals surface area contributed by atoms with Gasteiger partial charge in [-0.05, 0) is 87.3 Å². The Kier molecular flexibility index (Phi) is 8.60. The van der Waals surface area contributed by atoms with E-state index in [4.69, 9.17) is 9.47 Å². The largest absolute Gasteiger partial charge is 0.493 e. The highest BCUT2D eigenvalue weighted by Gasteiger charge is 2.67. The molecule has 6 heteroatoms. The van der Waals surface area contributed by atoms with Crippen molar-refractivity contribution in [2.45, 2.75) is 152 Å². The van der Waals surface area contributed by atoms with Crippen molar-refractivity contribution in [1.82, 2.24) is 9.80 Å². The molecule has 7 aliphatic rings. The second-order valence-corrected chi connectivity index (χ2v) is 16.3. The summed E-state index contributed by atoms with van der Waals surface area (Å²) in [5, 5.41) is 10.2. The van der Waals surface area contributed by atoms with E-state index in [1.807, 2.05) is 0 Å². The van der Waals surface area contributed by atoms with Crippen LogP contribution in [-0.4, -0.2) is 71.8 Å². The van der Waals surface area contributed by atoms with E-state index in [1.54, 1.807) is 7.11 Å². The zero-order valence-electron chi connectivity index (χ0n) is 27.9. The number of likely N-dealkylation sites (tertiary alicyclic amines) is 1. The number of unbranched alkanes of at least 4 members (excludes halogenated alkanes) is 1. The van der Waals surface area contributed by atoms with E-state index in [1.165, 1.54) is 88.2 Å². The number of piperidine rings is 1. The number of aliphatic hydroxyl groups is 1. The molecule has 45 heavy (non-hydrogen) atoms. The molecule has 0 radical (unpaired) electrons. The first-order valence-electron chi connectivity index (χ1n) is 19.2. The van der Waals surface area contributed by atoms with E-state index >= 15 is 0 Å². The topological polar surface area (TPSA) is 62.2 Å². The number of aliphatic hydroxyl groups excluding tert-OH is 1. The summed E-state index contributed by atoms with van der Waals surface area (Å²) in [6.45, 7) is 3.01. The summed E-state index contributed by atoms with van der Waals surface area (Å²) >= 11 is 0. The van der Waals surface area contributed by atoms with Gasteiger partial charge in [0.15, 0.2) is 11.5 Å². The SMILES string of the molecule is COc1ccc2c3c1O[C@H]1[C@H](N(CC4CCCCC4)C(=O)CCCCC4CCCCC4)CC[C@H]4[C@@H](C2)N(CC2CC2O)CC[C@@]341. The van der Waals surface area contributed by atoms with Crippen molar-refractivity contribution >= 4 is 5.91 Å². The number of carbonyl (C=O) groups is 1. The van der Waals surface area contributed by atoms with Gasteiger partial charge in [-0.25, -0.2) is 0 Å². The van der Waals surface area contributed by atoms with E-state index in [0.29, 0.717) is 36.1 Å². The van der Waals surface area contributed by atoms with Crippen molar-refractivity contribution < 1.29 is 19.4 Å². The Morgan fingerprint density at radius 1 is 1.02 bits per heavy atom. The lowest BCUT2D eigenvalue weighted by atomic mass is 9.51. The van der Waals surface area contributed by atoms with Gasteiger partial charge < -0.3 is 19.5 Å². The second-order valence-electron chi connectivity index (χ2n) is 16.3. The fourth-order valence-corrected chi connectivity index (χ4v) is 11.4. The zero-order valence-corrected chi connectivity index (χ0v) is 27.9. The highest BCUT2D eigenvalue weighted by atomic mass is 16.5. The van der Waals surface area contributed by atoms with Crippen LogP contribution in [-0.2, 0) is 16.6 Å². The number of hydrogen-bond donors (Lipinski definition) is 1. The Bertz CT molecular complexity index is 1220. The zero-order chi connectivity index (χ0) is 30.5. The van der Waals surface area contributed by atoms with Gasteiger partial charge in [0, 0.05) is 42.4 Å². The molecule has 7 atom stereocenters. The normalized spacial score (nSPS) is 35.9. The summed E-state index contributed by atoms with van der Waals surface area (Å²) in [6.07, 6.45) is 23.0. The molecule has 1 saturated heterocycles. The average Bonchev–Trinajstić information content (AvgIpc) is 3.65. The molecule has 1 amide bonds. The van der Waals surface area contributed by atoms with E-state index in [9.17, 15) is 9.90 Å². The molecule has 8 rings (SSSR count). The Morgan fingerprint density at radius 3 is 2.51 bits per heavy atom. The highest BCUT2D eigenvalue weighted by Crippen LogP contribution is 2.64. The lowest BCUT2D eigenvalue weighted by Crippen LogP contribution is -2.69. The lowest BCUT2D eigenvalue weighted by Gasteiger charge is -2.60. The number of amides is 1. The maximum Gasteiger partial charge on any atom is 0.222 e. The first-order chi connectivity index (χ1) is 22.1. The van der Waals surface area contributed by atoms with Gasteiger partial charge in [-0.2, -0.15) is 0 Å². The molecular formula is C39H58N2O4. The van der Waals surface area contributed by atoms with Crippen LogP contribution in [0.4, 0.5) is 0 Å². The number of benzene rings is 1. The number of rotatable bonds is 11. The van der Waals surface area contributed by atoms with Crippen molar-refractivity contribution in [3.8, 4) is 11.5 Å². The number of carbonyl (C=O) groups excluding carboxylic acids is 1. The second kappa shape index (κ2) is 12.7. The molecule has 5 aliphatic carbocycles. The molecule has 5 fully saturated rings. The van der Waals surface area contributed by atoms with E-state index in [0.717, 1.165) is 75.6 Å². The maximum atomic E-state index is 14.4. The van der Waals surface area contributed by atoms with Crippen molar-refractivity contribution in [2.24, 2.45) is 23.7 Å². The predicted octanol–water partition coefficient (Wildman–Crippen LogP) is 7.03. The summed E-state index contributed by atoms with van der Waals surface area (Å²) < 4.78 is 13.1. The van der Waals surface area contributed by atoms with Gasteiger partial charge in [0.05, 0.1) is 19.3 Å². The highest BCUT2D eigenvalue weighted by molar-refractivity contribution is 5.77. The van der Waals surface area contributed by atoms with Crippen LogP contribution in [0.2, 0.25) is 0 Å². The summed E-state index contributed by atoms with van der Waals surface area (Å²) in [6, 6.07) is 5.06. The molecule has 1 spiro atoms. The fraction of sp³-hybridized carbons (Fsp3) is 0.821. The first-order valence-corrected chi connectivity index (χ1v) is 19.2. The Balaban J connectivity index is 1.07. The maximum absolute atomic E-state index is 14.4. The van der Waals surface area contributed by atoms with Crippen LogP contribution in [0.3, 0.4) is 0 Å². The van der Waals surface area contributed by atoms with Gasteiger partial charge in [-0.3, -0.25) is 9.69 Å². The van der Waals surface area contributed by atoms with Crippen LogP contribution < -0.4 is 9.47 Å². The molecule has 2 aliphatic heterocycles. The van der Waals surface area contributed by atoms with Gasteiger partial charge in [0.2, 0.25) is 5.91 Å². The fourth-order valence-electron chi connectivity index (χ4n) is 11.4. The van der Waals surface area contributed by atoms with Crippen LogP contribution in [0, 0.1) is 23.7 Å². The standard InChI is InChI=1S/C39H58N2O4/c1-44-34-19-16-28-22-32-30-17-18-31(38-39(30,36(28)37(34)45-38)20-21-40(32)25-29-23-33(29)42)41(24-27-13-6-3-7-14-27)35(43)15-9-8-12-26-10-4-2-5-11-26/h16,19,26-27,29-33,38,42H,2-15,17-18,20-25H2,1H3/t29?,30-,31+,32+,33?,38-,39-/m0/s1. The average molecular weight is 619 g/mol. The predicted molar refractivity (Wildman–Crippen MR) is 177 cm³/mol. The molecule has 2 heterocycles. The summed E-state index contributed by atoms with van der Waals surface area (Å²) in [7, 11) is 1.78. The number of methoxy groups -OCH3 is 1. The van der Waals surface area contributed by atoms with Gasteiger partial charge >= 0.3 is 0 Å². The van der Waals surface area contributed by atoms with Crippen LogP contribution in [0.25, 0.3) is 0 Å². The smallest absolute Gasteiger partial charge is 0.222 e. The van der Waals surface area contributed by atoms with Gasteiger partial charge in [0.1, 0.15) is 6.10 Å². The van der Waals surface area contributed by atoms with Crippen molar-refractivity contribution in [2.75, 3.05) is 26.7 Å². The lowest BCUT2D eigenvalue weighted by molar-refractivity contribution is -0.144. The summed E-state index contributed by atoms with van der Waals surface area (Å²) in [5.74, 6) is 4.74. The van der Waals surface area contributed by atoms with Crippen molar-refractivity contribution in [1.29, 1.82) is 0 Å². The monoisotopic (exact) mass is 618 g/mol. The van der Waals surface area contributed by atoms with Crippen LogP contribution in [0.1, 0.15) is 127 Å².